The summed E-state index contributed by atoms with van der Waals surface area (Å²) in [7, 11) is 1.87. The number of aromatic nitrogens is 3. The predicted molar refractivity (Wildman–Crippen MR) is 109 cm³/mol. The molecule has 0 aliphatic carbocycles. The van der Waals surface area contributed by atoms with Crippen LogP contribution in [0, 0.1) is 0 Å². The van der Waals surface area contributed by atoms with Crippen molar-refractivity contribution in [2.75, 3.05) is 18.9 Å². The summed E-state index contributed by atoms with van der Waals surface area (Å²) in [6, 6.07) is 15.6. The number of para-hydroxylation sites is 1. The van der Waals surface area contributed by atoms with Crippen LogP contribution in [0.3, 0.4) is 0 Å². The van der Waals surface area contributed by atoms with Gasteiger partial charge in [0.1, 0.15) is 11.5 Å². The fourth-order valence-corrected chi connectivity index (χ4v) is 4.06. The third kappa shape index (κ3) is 2.69. The summed E-state index contributed by atoms with van der Waals surface area (Å²) in [5.74, 6) is 0.791. The lowest BCUT2D eigenvalue weighted by Crippen LogP contribution is -2.31. The zero-order valence-electron chi connectivity index (χ0n) is 15.7. The van der Waals surface area contributed by atoms with E-state index in [-0.39, 0.29) is 11.9 Å². The Morgan fingerprint density at radius 1 is 1.11 bits per heavy atom. The first-order valence-electron chi connectivity index (χ1n) is 9.57. The molecular formula is C22H21N5O. The Labute approximate surface area is 162 Å². The quantitative estimate of drug-likeness (QED) is 0.593. The van der Waals surface area contributed by atoms with Crippen LogP contribution in [0.15, 0.2) is 60.9 Å². The standard InChI is InChI=1S/C22H21N5O/c1-23-21-20-9-4-12-26(20)14-18(25-21)19-8-5-13-27(19)22(28)17-11-10-15-6-2-3-7-16(15)24-17/h2-4,6-7,9-12,14,19H,5,8,13H2,1H3,(H,23,25). The van der Waals surface area contributed by atoms with Crippen LogP contribution in [-0.2, 0) is 0 Å². The molecule has 1 fully saturated rings. The van der Waals surface area contributed by atoms with Gasteiger partial charge in [0.25, 0.3) is 5.91 Å². The third-order valence-electron chi connectivity index (χ3n) is 5.44. The van der Waals surface area contributed by atoms with Crippen molar-refractivity contribution in [3.05, 3.63) is 72.3 Å². The molecule has 1 atom stereocenters. The van der Waals surface area contributed by atoms with Crippen molar-refractivity contribution in [1.82, 2.24) is 19.3 Å². The number of carbonyl (C=O) groups excluding carboxylic acids is 1. The van der Waals surface area contributed by atoms with Gasteiger partial charge in [0.15, 0.2) is 0 Å². The molecule has 3 aromatic heterocycles. The highest BCUT2D eigenvalue weighted by molar-refractivity contribution is 5.95. The van der Waals surface area contributed by atoms with Crippen molar-refractivity contribution in [3.63, 3.8) is 0 Å². The minimum absolute atomic E-state index is 0.0336. The zero-order valence-corrected chi connectivity index (χ0v) is 15.7. The number of nitrogens with one attached hydrogen (secondary N) is 1. The van der Waals surface area contributed by atoms with Gasteiger partial charge in [0.05, 0.1) is 22.8 Å². The molecule has 4 aromatic rings. The van der Waals surface area contributed by atoms with E-state index in [1.807, 2.05) is 72.9 Å². The molecular weight excluding hydrogens is 350 g/mol. The van der Waals surface area contributed by atoms with Crippen LogP contribution < -0.4 is 5.32 Å². The summed E-state index contributed by atoms with van der Waals surface area (Å²) < 4.78 is 2.06. The van der Waals surface area contributed by atoms with Crippen molar-refractivity contribution < 1.29 is 4.79 Å². The van der Waals surface area contributed by atoms with E-state index >= 15 is 0 Å². The molecule has 1 aliphatic heterocycles. The van der Waals surface area contributed by atoms with Crippen molar-refractivity contribution in [1.29, 1.82) is 0 Å². The normalized spacial score (nSPS) is 16.8. The van der Waals surface area contributed by atoms with E-state index in [0.717, 1.165) is 47.3 Å². The number of rotatable bonds is 3. The SMILES string of the molecule is CNc1nc(C2CCCN2C(=O)c2ccc3ccccc3n2)cn2cccc12. The lowest BCUT2D eigenvalue weighted by molar-refractivity contribution is 0.0727. The van der Waals surface area contributed by atoms with Crippen LogP contribution in [0.5, 0.6) is 0 Å². The van der Waals surface area contributed by atoms with E-state index < -0.39 is 0 Å². The number of benzene rings is 1. The molecule has 28 heavy (non-hydrogen) atoms. The maximum absolute atomic E-state index is 13.3. The predicted octanol–water partition coefficient (Wildman–Crippen LogP) is 3.90. The molecule has 140 valence electrons. The molecule has 0 spiro atoms. The summed E-state index contributed by atoms with van der Waals surface area (Å²) in [6.07, 6.45) is 5.90. The van der Waals surface area contributed by atoms with Gasteiger partial charge in [-0.05, 0) is 37.1 Å². The second-order valence-corrected chi connectivity index (χ2v) is 7.11. The molecule has 1 unspecified atom stereocenters. The van der Waals surface area contributed by atoms with Crippen LogP contribution in [-0.4, -0.2) is 38.8 Å². The van der Waals surface area contributed by atoms with Crippen molar-refractivity contribution in [2.24, 2.45) is 0 Å². The molecule has 1 aromatic carbocycles. The highest BCUT2D eigenvalue weighted by Gasteiger charge is 2.32. The van der Waals surface area contributed by atoms with Crippen LogP contribution >= 0.6 is 0 Å². The number of amides is 1. The first kappa shape index (κ1) is 16.7. The third-order valence-corrected chi connectivity index (χ3v) is 5.44. The number of likely N-dealkylation sites (tertiary alicyclic amines) is 1. The van der Waals surface area contributed by atoms with E-state index in [1.54, 1.807) is 0 Å². The van der Waals surface area contributed by atoms with Gasteiger partial charge in [-0.2, -0.15) is 0 Å². The summed E-state index contributed by atoms with van der Waals surface area (Å²) >= 11 is 0. The van der Waals surface area contributed by atoms with E-state index in [9.17, 15) is 4.79 Å². The smallest absolute Gasteiger partial charge is 0.273 e. The number of hydrogen-bond acceptors (Lipinski definition) is 4. The Morgan fingerprint density at radius 2 is 2.00 bits per heavy atom. The number of carbonyl (C=O) groups is 1. The van der Waals surface area contributed by atoms with Crippen LogP contribution in [0.25, 0.3) is 16.4 Å². The van der Waals surface area contributed by atoms with Gasteiger partial charge >= 0.3 is 0 Å². The average molecular weight is 371 g/mol. The maximum Gasteiger partial charge on any atom is 0.273 e. The van der Waals surface area contributed by atoms with Gasteiger partial charge in [0, 0.05) is 31.4 Å². The first-order valence-corrected chi connectivity index (χ1v) is 9.57. The molecule has 4 heterocycles. The fourth-order valence-electron chi connectivity index (χ4n) is 4.06. The summed E-state index contributed by atoms with van der Waals surface area (Å²) in [5, 5.41) is 4.21. The molecule has 6 nitrogen and oxygen atoms in total. The lowest BCUT2D eigenvalue weighted by atomic mass is 10.1. The van der Waals surface area contributed by atoms with E-state index in [2.05, 4.69) is 14.7 Å². The topological polar surface area (TPSA) is 62.5 Å². The minimum atomic E-state index is -0.0420. The number of hydrogen-bond donors (Lipinski definition) is 1. The second kappa shape index (κ2) is 6.64. The lowest BCUT2D eigenvalue weighted by Gasteiger charge is -2.24. The highest BCUT2D eigenvalue weighted by atomic mass is 16.2. The monoisotopic (exact) mass is 371 g/mol. The van der Waals surface area contributed by atoms with Crippen LogP contribution in [0.2, 0.25) is 0 Å². The largest absolute Gasteiger partial charge is 0.371 e. The molecule has 1 amide bonds. The molecule has 1 saturated heterocycles. The number of nitrogens with zero attached hydrogens (tertiary/aromatic N) is 4. The van der Waals surface area contributed by atoms with Gasteiger partial charge < -0.3 is 14.6 Å². The Hall–Kier alpha value is -3.41. The summed E-state index contributed by atoms with van der Waals surface area (Å²) in [4.78, 5) is 24.6. The molecule has 1 N–H and O–H groups in total. The van der Waals surface area contributed by atoms with Gasteiger partial charge in [0.2, 0.25) is 0 Å². The fraction of sp³-hybridized carbons (Fsp3) is 0.227. The molecule has 5 rings (SSSR count). The Balaban J connectivity index is 1.51. The summed E-state index contributed by atoms with van der Waals surface area (Å²) in [5.41, 5.74) is 3.26. The van der Waals surface area contributed by atoms with E-state index in [0.29, 0.717) is 5.69 Å². The molecule has 0 radical (unpaired) electrons. The Bertz CT molecular complexity index is 1180. The molecule has 0 saturated carbocycles. The number of anilines is 1. The molecule has 1 aliphatic rings. The van der Waals surface area contributed by atoms with Gasteiger partial charge in [-0.1, -0.05) is 24.3 Å². The molecule has 0 bridgehead atoms. The van der Waals surface area contributed by atoms with E-state index in [4.69, 9.17) is 4.98 Å². The first-order chi connectivity index (χ1) is 13.7. The summed E-state index contributed by atoms with van der Waals surface area (Å²) in [6.45, 7) is 0.721. The van der Waals surface area contributed by atoms with Crippen molar-refractivity contribution in [3.8, 4) is 0 Å². The average Bonchev–Trinajstić information content (AvgIpc) is 3.41. The molecule has 6 heteroatoms. The maximum atomic E-state index is 13.3. The second-order valence-electron chi connectivity index (χ2n) is 7.11. The minimum Gasteiger partial charge on any atom is -0.371 e. The van der Waals surface area contributed by atoms with E-state index in [1.165, 1.54) is 0 Å². The number of fused-ring (bicyclic) bond motifs is 2. The van der Waals surface area contributed by atoms with Gasteiger partial charge in [-0.25, -0.2) is 9.97 Å². The highest BCUT2D eigenvalue weighted by Crippen LogP contribution is 2.33. The van der Waals surface area contributed by atoms with Gasteiger partial charge in [-0.15, -0.1) is 0 Å². The Kier molecular flexibility index (Phi) is 3.97. The van der Waals surface area contributed by atoms with Gasteiger partial charge in [-0.3, -0.25) is 4.79 Å². The van der Waals surface area contributed by atoms with Crippen molar-refractivity contribution >= 4 is 28.1 Å². The zero-order chi connectivity index (χ0) is 19.1. The van der Waals surface area contributed by atoms with Crippen molar-refractivity contribution in [2.45, 2.75) is 18.9 Å². The number of pyridine rings is 1. The van der Waals surface area contributed by atoms with Crippen LogP contribution in [0.1, 0.15) is 35.1 Å². The van der Waals surface area contributed by atoms with Crippen LogP contribution in [0.4, 0.5) is 5.82 Å². The Morgan fingerprint density at radius 3 is 2.89 bits per heavy atom.